The molecule has 2 amide bonds. The number of carbonyl (C=O) groups is 2. The minimum Gasteiger partial charge on any atom is -0.364 e. The predicted molar refractivity (Wildman–Crippen MR) is 86.1 cm³/mol. The molecule has 1 aromatic carbocycles. The molecule has 0 spiro atoms. The third kappa shape index (κ3) is 2.99. The average molecular weight is 351 g/mol. The highest BCUT2D eigenvalue weighted by Crippen LogP contribution is 2.33. The van der Waals surface area contributed by atoms with E-state index in [0.717, 1.165) is 12.8 Å². The van der Waals surface area contributed by atoms with Gasteiger partial charge in [0.15, 0.2) is 0 Å². The Kier molecular flexibility index (Phi) is 4.53. The summed E-state index contributed by atoms with van der Waals surface area (Å²) in [7, 11) is 0. The van der Waals surface area contributed by atoms with Crippen LogP contribution < -0.4 is 5.73 Å². The molecule has 0 unspecified atom stereocenters. The first-order valence-corrected chi connectivity index (χ1v) is 7.97. The molecule has 24 heavy (non-hydrogen) atoms. The lowest BCUT2D eigenvalue weighted by molar-refractivity contribution is 0.0601. The molecule has 0 bridgehead atoms. The summed E-state index contributed by atoms with van der Waals surface area (Å²) in [5.74, 6) is -1.78. The van der Waals surface area contributed by atoms with Crippen LogP contribution in [0.4, 0.5) is 4.39 Å². The molecule has 3 N–H and O–H groups in total. The number of H-pyrrole nitrogens is 1. The lowest BCUT2D eigenvalue weighted by Crippen LogP contribution is -2.39. The Balaban J connectivity index is 1.94. The predicted octanol–water partition coefficient (Wildman–Crippen LogP) is 2.67. The van der Waals surface area contributed by atoms with E-state index in [0.29, 0.717) is 18.7 Å². The van der Waals surface area contributed by atoms with Crippen LogP contribution in [0, 0.1) is 5.82 Å². The van der Waals surface area contributed by atoms with Gasteiger partial charge in [-0.05, 0) is 37.5 Å². The molecule has 2 aromatic rings. The second kappa shape index (κ2) is 6.60. The Labute approximate surface area is 142 Å². The summed E-state index contributed by atoms with van der Waals surface area (Å²) in [6, 6.07) is 5.34. The molecule has 126 valence electrons. The number of carbonyl (C=O) groups excluding carboxylic acids is 2. The smallest absolute Gasteiger partial charge is 0.269 e. The fourth-order valence-electron chi connectivity index (χ4n) is 2.98. The Morgan fingerprint density at radius 2 is 2.17 bits per heavy atom. The number of halogens is 2. The van der Waals surface area contributed by atoms with Gasteiger partial charge >= 0.3 is 0 Å². The lowest BCUT2D eigenvalue weighted by Gasteiger charge is -2.35. The lowest BCUT2D eigenvalue weighted by atomic mass is 9.98. The maximum atomic E-state index is 14.1. The van der Waals surface area contributed by atoms with Crippen molar-refractivity contribution in [2.45, 2.75) is 25.3 Å². The van der Waals surface area contributed by atoms with Gasteiger partial charge in [-0.2, -0.15) is 5.10 Å². The summed E-state index contributed by atoms with van der Waals surface area (Å²) in [4.78, 5) is 25.6. The van der Waals surface area contributed by atoms with Crippen molar-refractivity contribution in [2.24, 2.45) is 5.73 Å². The minimum atomic E-state index is -0.653. The van der Waals surface area contributed by atoms with Crippen LogP contribution in [-0.2, 0) is 0 Å². The second-order valence-corrected chi connectivity index (χ2v) is 6.09. The number of aromatic nitrogens is 2. The number of likely N-dealkylation sites (tertiary alicyclic amines) is 1. The molecule has 1 aromatic heterocycles. The fourth-order valence-corrected chi connectivity index (χ4v) is 3.22. The van der Waals surface area contributed by atoms with Gasteiger partial charge < -0.3 is 10.6 Å². The summed E-state index contributed by atoms with van der Waals surface area (Å²) >= 11 is 6.01. The summed E-state index contributed by atoms with van der Waals surface area (Å²) < 4.78 is 14.1. The zero-order valence-electron chi connectivity index (χ0n) is 12.8. The van der Waals surface area contributed by atoms with E-state index in [2.05, 4.69) is 10.2 Å². The van der Waals surface area contributed by atoms with Gasteiger partial charge in [0, 0.05) is 6.54 Å². The number of nitrogens with two attached hydrogens (primary N) is 1. The second-order valence-electron chi connectivity index (χ2n) is 5.68. The molecule has 1 fully saturated rings. The third-order valence-corrected chi connectivity index (χ3v) is 4.46. The van der Waals surface area contributed by atoms with Crippen LogP contribution in [-0.4, -0.2) is 33.5 Å². The molecule has 0 aliphatic carbocycles. The van der Waals surface area contributed by atoms with Crippen molar-refractivity contribution in [3.05, 3.63) is 52.1 Å². The van der Waals surface area contributed by atoms with Crippen LogP contribution in [0.1, 0.15) is 51.8 Å². The highest BCUT2D eigenvalue weighted by molar-refractivity contribution is 6.33. The van der Waals surface area contributed by atoms with Crippen molar-refractivity contribution in [2.75, 3.05) is 6.54 Å². The molecule has 6 nitrogen and oxygen atoms in total. The van der Waals surface area contributed by atoms with Crippen LogP contribution in [0.25, 0.3) is 0 Å². The maximum absolute atomic E-state index is 14.1. The molecular weight excluding hydrogens is 335 g/mol. The standard InChI is InChI=1S/C16H16ClFN4O2/c17-9-4-3-5-10(18)14(9)16(24)22-7-2-1-6-13(22)11-8-12(15(19)23)21-20-11/h3-5,8,13H,1-2,6-7H2,(H2,19,23)(H,20,21)/t13-/m0/s1. The Morgan fingerprint density at radius 3 is 2.83 bits per heavy atom. The first-order valence-electron chi connectivity index (χ1n) is 7.59. The first-order chi connectivity index (χ1) is 11.5. The monoisotopic (exact) mass is 350 g/mol. The summed E-state index contributed by atoms with van der Waals surface area (Å²) in [6.07, 6.45) is 2.40. The molecule has 1 atom stereocenters. The highest BCUT2D eigenvalue weighted by atomic mass is 35.5. The van der Waals surface area contributed by atoms with Gasteiger partial charge in [0.05, 0.1) is 22.3 Å². The Morgan fingerprint density at radius 1 is 1.38 bits per heavy atom. The van der Waals surface area contributed by atoms with Gasteiger partial charge in [-0.15, -0.1) is 0 Å². The Bertz CT molecular complexity index is 772. The van der Waals surface area contributed by atoms with Gasteiger partial charge in [-0.1, -0.05) is 17.7 Å². The molecule has 8 heteroatoms. The topological polar surface area (TPSA) is 92.1 Å². The molecule has 3 rings (SSSR count). The van der Waals surface area contributed by atoms with Crippen LogP contribution in [0.5, 0.6) is 0 Å². The zero-order valence-corrected chi connectivity index (χ0v) is 13.5. The average Bonchev–Trinajstić information content (AvgIpc) is 3.04. The number of benzene rings is 1. The van der Waals surface area contributed by atoms with E-state index in [9.17, 15) is 14.0 Å². The summed E-state index contributed by atoms with van der Waals surface area (Å²) in [6.45, 7) is 0.471. The van der Waals surface area contributed by atoms with Gasteiger partial charge in [0.2, 0.25) is 0 Å². The molecule has 0 saturated carbocycles. The number of hydrogen-bond acceptors (Lipinski definition) is 3. The molecule has 0 radical (unpaired) electrons. The van der Waals surface area contributed by atoms with Crippen molar-refractivity contribution in [3.8, 4) is 0 Å². The zero-order chi connectivity index (χ0) is 17.3. The summed E-state index contributed by atoms with van der Waals surface area (Å²) in [5.41, 5.74) is 5.78. The van der Waals surface area contributed by atoms with Crippen LogP contribution in [0.3, 0.4) is 0 Å². The van der Waals surface area contributed by atoms with Crippen LogP contribution >= 0.6 is 11.6 Å². The van der Waals surface area contributed by atoms with Crippen molar-refractivity contribution in [3.63, 3.8) is 0 Å². The number of nitrogens with one attached hydrogen (secondary N) is 1. The number of hydrogen-bond donors (Lipinski definition) is 2. The number of nitrogens with zero attached hydrogens (tertiary/aromatic N) is 2. The van der Waals surface area contributed by atoms with Crippen LogP contribution in [0.2, 0.25) is 5.02 Å². The quantitative estimate of drug-likeness (QED) is 0.891. The van der Waals surface area contributed by atoms with E-state index in [-0.39, 0.29) is 22.3 Å². The van der Waals surface area contributed by atoms with Gasteiger partial charge in [-0.3, -0.25) is 14.7 Å². The molecule has 1 saturated heterocycles. The number of aromatic amines is 1. The Hall–Kier alpha value is -2.41. The van der Waals surface area contributed by atoms with Crippen molar-refractivity contribution < 1.29 is 14.0 Å². The first kappa shape index (κ1) is 16.4. The molecule has 1 aliphatic rings. The number of primary amides is 1. The summed E-state index contributed by atoms with van der Waals surface area (Å²) in [5, 5.41) is 6.68. The van der Waals surface area contributed by atoms with E-state index in [1.54, 1.807) is 4.90 Å². The molecule has 2 heterocycles. The molecule has 1 aliphatic heterocycles. The highest BCUT2D eigenvalue weighted by Gasteiger charge is 2.32. The minimum absolute atomic E-state index is 0.0757. The molecular formula is C16H16ClFN4O2. The number of rotatable bonds is 3. The number of piperidine rings is 1. The third-order valence-electron chi connectivity index (χ3n) is 4.15. The van der Waals surface area contributed by atoms with E-state index < -0.39 is 17.6 Å². The van der Waals surface area contributed by atoms with Crippen molar-refractivity contribution in [1.29, 1.82) is 0 Å². The van der Waals surface area contributed by atoms with Crippen LogP contribution in [0.15, 0.2) is 24.3 Å². The van der Waals surface area contributed by atoms with E-state index >= 15 is 0 Å². The fraction of sp³-hybridized carbons (Fsp3) is 0.312. The van der Waals surface area contributed by atoms with Crippen molar-refractivity contribution in [1.82, 2.24) is 15.1 Å². The normalized spacial score (nSPS) is 17.8. The van der Waals surface area contributed by atoms with Gasteiger partial charge in [0.25, 0.3) is 11.8 Å². The SMILES string of the molecule is NC(=O)c1cc([C@@H]2CCCCN2C(=O)c2c(F)cccc2Cl)[nH]n1. The van der Waals surface area contributed by atoms with Crippen molar-refractivity contribution >= 4 is 23.4 Å². The van der Waals surface area contributed by atoms with E-state index in [1.807, 2.05) is 0 Å². The maximum Gasteiger partial charge on any atom is 0.269 e. The number of amides is 2. The van der Waals surface area contributed by atoms with Gasteiger partial charge in [0.1, 0.15) is 11.5 Å². The largest absolute Gasteiger partial charge is 0.364 e. The van der Waals surface area contributed by atoms with Gasteiger partial charge in [-0.25, -0.2) is 4.39 Å². The van der Waals surface area contributed by atoms with E-state index in [4.69, 9.17) is 17.3 Å². The van der Waals surface area contributed by atoms with E-state index in [1.165, 1.54) is 24.3 Å².